The first-order chi connectivity index (χ1) is 29.3. The quantitative estimate of drug-likeness (QED) is 0.158. The molecule has 0 aliphatic heterocycles. The highest BCUT2D eigenvalue weighted by atomic mass is 14.5. The molecule has 2 aliphatic rings. The lowest BCUT2D eigenvalue weighted by Gasteiger charge is -2.31. The molecule has 0 heteroatoms. The smallest absolute Gasteiger partial charge is 0.0622 e. The lowest BCUT2D eigenvalue weighted by molar-refractivity contribution is 0.802. The molecule has 0 radical (unpaired) electrons. The van der Waals surface area contributed by atoms with Gasteiger partial charge in [-0.15, -0.1) is 0 Å². The van der Waals surface area contributed by atoms with Crippen molar-refractivity contribution in [3.8, 4) is 55.6 Å². The third-order valence-corrected chi connectivity index (χ3v) is 13.4. The molecule has 11 aromatic carbocycles. The van der Waals surface area contributed by atoms with Crippen molar-refractivity contribution in [2.24, 2.45) is 0 Å². The van der Waals surface area contributed by atoms with Gasteiger partial charge in [0.1, 0.15) is 0 Å². The molecule has 0 unspecified atom stereocenters. The Labute approximate surface area is 343 Å². The van der Waals surface area contributed by atoms with Crippen LogP contribution in [-0.2, 0) is 5.41 Å². The topological polar surface area (TPSA) is 0 Å². The van der Waals surface area contributed by atoms with E-state index in [4.69, 9.17) is 0 Å². The molecule has 59 heavy (non-hydrogen) atoms. The van der Waals surface area contributed by atoms with Crippen LogP contribution in [0.4, 0.5) is 0 Å². The van der Waals surface area contributed by atoms with Crippen LogP contribution in [0.15, 0.2) is 218 Å². The summed E-state index contributed by atoms with van der Waals surface area (Å²) in [6, 6.07) is 81.7. The summed E-state index contributed by atoms with van der Waals surface area (Å²) < 4.78 is 0. The minimum Gasteiger partial charge on any atom is -0.0622 e. The molecular formula is C59H36. The molecule has 0 nitrogen and oxygen atoms in total. The van der Waals surface area contributed by atoms with E-state index in [0.717, 1.165) is 0 Å². The summed E-state index contributed by atoms with van der Waals surface area (Å²) >= 11 is 0. The van der Waals surface area contributed by atoms with Gasteiger partial charge in [-0.3, -0.25) is 0 Å². The summed E-state index contributed by atoms with van der Waals surface area (Å²) in [6.45, 7) is 0. The van der Waals surface area contributed by atoms with Gasteiger partial charge >= 0.3 is 0 Å². The largest absolute Gasteiger partial charge is 0.0731 e. The Hall–Kier alpha value is -7.54. The molecule has 11 aromatic rings. The molecule has 272 valence electrons. The van der Waals surface area contributed by atoms with E-state index in [1.807, 2.05) is 0 Å². The van der Waals surface area contributed by atoms with Crippen molar-refractivity contribution >= 4 is 43.1 Å². The zero-order valence-corrected chi connectivity index (χ0v) is 32.3. The fourth-order valence-corrected chi connectivity index (χ4v) is 11.0. The summed E-state index contributed by atoms with van der Waals surface area (Å²) in [5.41, 5.74) is 17.9. The molecule has 0 saturated heterocycles. The highest BCUT2D eigenvalue weighted by molar-refractivity contribution is 6.21. The molecule has 0 fully saturated rings. The van der Waals surface area contributed by atoms with Crippen molar-refractivity contribution in [1.82, 2.24) is 0 Å². The van der Waals surface area contributed by atoms with E-state index in [9.17, 15) is 0 Å². The van der Waals surface area contributed by atoms with Gasteiger partial charge in [-0.1, -0.05) is 200 Å². The van der Waals surface area contributed by atoms with E-state index in [1.54, 1.807) is 0 Å². The van der Waals surface area contributed by atoms with Crippen LogP contribution < -0.4 is 0 Å². The minimum absolute atomic E-state index is 0.411. The monoisotopic (exact) mass is 744 g/mol. The third-order valence-electron chi connectivity index (χ3n) is 13.4. The molecular weight excluding hydrogens is 709 g/mol. The first kappa shape index (κ1) is 32.5. The van der Waals surface area contributed by atoms with Crippen LogP contribution in [0.2, 0.25) is 0 Å². The number of fused-ring (bicyclic) bond motifs is 15. The molecule has 0 N–H and O–H groups in total. The fourth-order valence-electron chi connectivity index (χ4n) is 11.0. The number of hydrogen-bond donors (Lipinski definition) is 0. The zero-order valence-electron chi connectivity index (χ0n) is 32.3. The van der Waals surface area contributed by atoms with E-state index in [2.05, 4.69) is 218 Å². The molecule has 0 atom stereocenters. The van der Waals surface area contributed by atoms with Gasteiger partial charge < -0.3 is 0 Å². The maximum atomic E-state index is 2.48. The fraction of sp³-hybridized carbons (Fsp3) is 0.0169. The van der Waals surface area contributed by atoms with Gasteiger partial charge in [0.25, 0.3) is 0 Å². The van der Waals surface area contributed by atoms with Gasteiger partial charge in [0, 0.05) is 0 Å². The Kier molecular flexibility index (Phi) is 6.74. The molecule has 0 aromatic heterocycles. The van der Waals surface area contributed by atoms with Gasteiger partial charge in [0.2, 0.25) is 0 Å². The van der Waals surface area contributed by atoms with E-state index in [0.29, 0.717) is 0 Å². The molecule has 13 rings (SSSR count). The highest BCUT2D eigenvalue weighted by Gasteiger charge is 2.52. The SMILES string of the molecule is c1ccc(-c2c3ccccc3c(-c3ccc(-c4ccc5c6c(ccc5c4)-c4cc5ccccc5cc4C64c5ccccc5-c5ccccc54)cc3)c3ccccc23)cc1. The van der Waals surface area contributed by atoms with Gasteiger partial charge in [0.05, 0.1) is 5.41 Å². The summed E-state index contributed by atoms with van der Waals surface area (Å²) in [7, 11) is 0. The van der Waals surface area contributed by atoms with Crippen LogP contribution in [0, 0.1) is 0 Å². The minimum atomic E-state index is -0.411. The van der Waals surface area contributed by atoms with Crippen LogP contribution in [0.1, 0.15) is 22.3 Å². The molecule has 0 saturated carbocycles. The first-order valence-corrected chi connectivity index (χ1v) is 20.7. The van der Waals surface area contributed by atoms with E-state index in [-0.39, 0.29) is 0 Å². The van der Waals surface area contributed by atoms with Gasteiger partial charge in [-0.05, 0) is 139 Å². The van der Waals surface area contributed by atoms with Gasteiger partial charge in [-0.2, -0.15) is 0 Å². The highest BCUT2D eigenvalue weighted by Crippen LogP contribution is 2.64. The molecule has 0 amide bonds. The van der Waals surface area contributed by atoms with E-state index < -0.39 is 5.41 Å². The van der Waals surface area contributed by atoms with Crippen molar-refractivity contribution < 1.29 is 0 Å². The molecule has 0 bridgehead atoms. The average molecular weight is 745 g/mol. The number of rotatable bonds is 3. The number of benzene rings is 11. The van der Waals surface area contributed by atoms with Gasteiger partial charge in [0.15, 0.2) is 0 Å². The second kappa shape index (κ2) is 12.2. The van der Waals surface area contributed by atoms with Crippen molar-refractivity contribution in [2.75, 3.05) is 0 Å². The Morgan fingerprint density at radius 3 is 1.36 bits per heavy atom. The Balaban J connectivity index is 0.987. The third kappa shape index (κ3) is 4.43. The van der Waals surface area contributed by atoms with Crippen molar-refractivity contribution in [3.05, 3.63) is 241 Å². The molecule has 0 heterocycles. The van der Waals surface area contributed by atoms with Crippen molar-refractivity contribution in [3.63, 3.8) is 0 Å². The molecule has 2 aliphatic carbocycles. The standard InChI is InChI=1S/C59H36/c1-2-14-38(15-3-1)56-47-20-6-8-22-49(47)57(50-23-9-7-21-48(50)56)39-28-26-37(27-29-39)42-30-32-44-43(34-42)31-33-51-52-35-40-16-4-5-17-41(40)36-55(52)59(58(44)51)53-24-12-10-18-45(53)46-19-11-13-25-54(46)59/h1-36H. The average Bonchev–Trinajstić information content (AvgIpc) is 3.77. The maximum absolute atomic E-state index is 2.48. The summed E-state index contributed by atoms with van der Waals surface area (Å²) in [6.07, 6.45) is 0. The van der Waals surface area contributed by atoms with Crippen LogP contribution in [0.25, 0.3) is 98.7 Å². The van der Waals surface area contributed by atoms with Crippen LogP contribution >= 0.6 is 0 Å². The van der Waals surface area contributed by atoms with Gasteiger partial charge in [-0.25, -0.2) is 0 Å². The van der Waals surface area contributed by atoms with Crippen molar-refractivity contribution in [2.45, 2.75) is 5.41 Å². The lowest BCUT2D eigenvalue weighted by atomic mass is 9.69. The van der Waals surface area contributed by atoms with Crippen LogP contribution in [0.5, 0.6) is 0 Å². The second-order valence-electron chi connectivity index (χ2n) is 16.3. The Bertz CT molecular complexity index is 3430. The first-order valence-electron chi connectivity index (χ1n) is 20.7. The summed E-state index contributed by atoms with van der Waals surface area (Å²) in [5.74, 6) is 0. The zero-order chi connectivity index (χ0) is 38.7. The number of hydrogen-bond acceptors (Lipinski definition) is 0. The summed E-state index contributed by atoms with van der Waals surface area (Å²) in [5, 5.41) is 10.2. The Morgan fingerprint density at radius 2 is 0.729 bits per heavy atom. The predicted molar refractivity (Wildman–Crippen MR) is 249 cm³/mol. The van der Waals surface area contributed by atoms with Crippen LogP contribution in [-0.4, -0.2) is 0 Å². The normalized spacial score (nSPS) is 13.2. The molecule has 1 spiro atoms. The van der Waals surface area contributed by atoms with Crippen molar-refractivity contribution in [1.29, 1.82) is 0 Å². The maximum Gasteiger partial charge on any atom is 0.0731 e. The van der Waals surface area contributed by atoms with E-state index in [1.165, 1.54) is 121 Å². The second-order valence-corrected chi connectivity index (χ2v) is 16.3. The van der Waals surface area contributed by atoms with E-state index >= 15 is 0 Å². The predicted octanol–water partition coefficient (Wildman–Crippen LogP) is 15.6. The summed E-state index contributed by atoms with van der Waals surface area (Å²) in [4.78, 5) is 0. The van der Waals surface area contributed by atoms with Crippen LogP contribution in [0.3, 0.4) is 0 Å². The lowest BCUT2D eigenvalue weighted by Crippen LogP contribution is -2.26. The Morgan fingerprint density at radius 1 is 0.237 bits per heavy atom.